The van der Waals surface area contributed by atoms with E-state index in [1.54, 1.807) is 6.07 Å². The Bertz CT molecular complexity index is 425. The number of aromatic nitrogens is 1. The van der Waals surface area contributed by atoms with Crippen molar-refractivity contribution >= 4 is 5.97 Å². The van der Waals surface area contributed by atoms with E-state index in [9.17, 15) is 4.79 Å². The zero-order valence-corrected chi connectivity index (χ0v) is 12.7. The van der Waals surface area contributed by atoms with Crippen LogP contribution < -0.4 is 4.74 Å². The highest BCUT2D eigenvalue weighted by Gasteiger charge is 2.14. The first-order valence-electron chi connectivity index (χ1n) is 6.99. The van der Waals surface area contributed by atoms with Crippen LogP contribution in [-0.2, 0) is 0 Å². The van der Waals surface area contributed by atoms with Gasteiger partial charge in [0.15, 0.2) is 0 Å². The van der Waals surface area contributed by atoms with Crippen molar-refractivity contribution in [2.45, 2.75) is 46.2 Å². The van der Waals surface area contributed by atoms with Gasteiger partial charge in [0.25, 0.3) is 0 Å². The minimum Gasteiger partial charge on any atom is -0.493 e. The fourth-order valence-electron chi connectivity index (χ4n) is 2.21. The lowest BCUT2D eigenvalue weighted by Crippen LogP contribution is -2.38. The quantitative estimate of drug-likeness (QED) is 0.742. The second kappa shape index (κ2) is 7.85. The van der Waals surface area contributed by atoms with Crippen molar-refractivity contribution < 1.29 is 14.6 Å². The van der Waals surface area contributed by atoms with E-state index >= 15 is 0 Å². The van der Waals surface area contributed by atoms with Crippen LogP contribution in [0.3, 0.4) is 0 Å². The average Bonchev–Trinajstić information content (AvgIpc) is 2.37. The number of pyridine rings is 1. The van der Waals surface area contributed by atoms with Gasteiger partial charge in [0, 0.05) is 31.0 Å². The van der Waals surface area contributed by atoms with Crippen LogP contribution in [0.25, 0.3) is 0 Å². The third-order valence-electron chi connectivity index (χ3n) is 3.16. The molecule has 0 aliphatic heterocycles. The van der Waals surface area contributed by atoms with Crippen LogP contribution in [0.15, 0.2) is 18.5 Å². The predicted octanol–water partition coefficient (Wildman–Crippen LogP) is 2.67. The molecular weight excluding hydrogens is 256 g/mol. The number of aromatic carboxylic acids is 1. The van der Waals surface area contributed by atoms with Crippen LogP contribution in [0.5, 0.6) is 5.75 Å². The van der Waals surface area contributed by atoms with Crippen LogP contribution in [-0.4, -0.2) is 46.2 Å². The molecule has 0 bridgehead atoms. The maximum absolute atomic E-state index is 11.0. The van der Waals surface area contributed by atoms with Crippen LogP contribution in [0.1, 0.15) is 44.5 Å². The molecule has 0 atom stereocenters. The van der Waals surface area contributed by atoms with Gasteiger partial charge in [-0.15, -0.1) is 0 Å². The number of nitrogens with zero attached hydrogens (tertiary/aromatic N) is 2. The van der Waals surface area contributed by atoms with E-state index in [1.165, 1.54) is 12.4 Å². The van der Waals surface area contributed by atoms with Crippen LogP contribution in [0, 0.1) is 0 Å². The van der Waals surface area contributed by atoms with E-state index in [4.69, 9.17) is 9.84 Å². The molecule has 1 rings (SSSR count). The summed E-state index contributed by atoms with van der Waals surface area (Å²) in [6.07, 6.45) is 3.71. The standard InChI is InChI=1S/C15H24N2O3/c1-11(2)17(12(3)4)8-5-9-20-14-6-7-16-10-13(14)15(18)19/h6-7,10-12H,5,8-9H2,1-4H3,(H,18,19). The number of hydrogen-bond acceptors (Lipinski definition) is 4. The van der Waals surface area contributed by atoms with E-state index in [2.05, 4.69) is 37.6 Å². The maximum atomic E-state index is 11.0. The van der Waals surface area contributed by atoms with Gasteiger partial charge in [0.1, 0.15) is 11.3 Å². The molecule has 20 heavy (non-hydrogen) atoms. The molecule has 5 heteroatoms. The molecule has 0 amide bonds. The topological polar surface area (TPSA) is 62.7 Å². The van der Waals surface area contributed by atoms with Gasteiger partial charge in [-0.25, -0.2) is 4.79 Å². The first-order chi connectivity index (χ1) is 9.43. The van der Waals surface area contributed by atoms with Crippen molar-refractivity contribution in [2.24, 2.45) is 0 Å². The fraction of sp³-hybridized carbons (Fsp3) is 0.600. The van der Waals surface area contributed by atoms with Crippen LogP contribution in [0.4, 0.5) is 0 Å². The lowest BCUT2D eigenvalue weighted by atomic mass is 10.2. The van der Waals surface area contributed by atoms with Crippen molar-refractivity contribution in [3.63, 3.8) is 0 Å². The molecule has 0 saturated heterocycles. The van der Waals surface area contributed by atoms with Gasteiger partial charge in [0.05, 0.1) is 6.61 Å². The summed E-state index contributed by atoms with van der Waals surface area (Å²) in [5, 5.41) is 9.03. The maximum Gasteiger partial charge on any atom is 0.341 e. The van der Waals surface area contributed by atoms with Crippen LogP contribution in [0.2, 0.25) is 0 Å². The minimum absolute atomic E-state index is 0.108. The molecule has 1 heterocycles. The minimum atomic E-state index is -1.01. The van der Waals surface area contributed by atoms with Crippen molar-refractivity contribution in [3.05, 3.63) is 24.0 Å². The average molecular weight is 280 g/mol. The molecule has 0 spiro atoms. The molecule has 0 aromatic carbocycles. The van der Waals surface area contributed by atoms with Gasteiger partial charge in [-0.3, -0.25) is 9.88 Å². The van der Waals surface area contributed by atoms with Crippen LogP contribution >= 0.6 is 0 Å². The van der Waals surface area contributed by atoms with Gasteiger partial charge in [-0.2, -0.15) is 0 Å². The summed E-state index contributed by atoms with van der Waals surface area (Å²) in [5.41, 5.74) is 0.108. The Kier molecular flexibility index (Phi) is 6.45. The lowest BCUT2D eigenvalue weighted by molar-refractivity contribution is 0.0691. The molecule has 1 N–H and O–H groups in total. The Balaban J connectivity index is 2.47. The fourth-order valence-corrected chi connectivity index (χ4v) is 2.21. The summed E-state index contributed by atoms with van der Waals surface area (Å²) in [5.74, 6) is -0.632. The second-order valence-electron chi connectivity index (χ2n) is 5.30. The number of rotatable bonds is 8. The summed E-state index contributed by atoms with van der Waals surface area (Å²) in [6.45, 7) is 10.1. The Morgan fingerprint density at radius 2 is 2.00 bits per heavy atom. The summed E-state index contributed by atoms with van der Waals surface area (Å²) < 4.78 is 5.56. The zero-order chi connectivity index (χ0) is 15.1. The highest BCUT2D eigenvalue weighted by molar-refractivity contribution is 5.90. The number of carboxylic acids is 1. The molecule has 0 aliphatic rings. The van der Waals surface area contributed by atoms with Crippen molar-refractivity contribution in [2.75, 3.05) is 13.2 Å². The van der Waals surface area contributed by atoms with E-state index in [-0.39, 0.29) is 5.56 Å². The van der Waals surface area contributed by atoms with Gasteiger partial charge in [-0.05, 0) is 40.2 Å². The van der Waals surface area contributed by atoms with E-state index in [0.29, 0.717) is 24.4 Å². The van der Waals surface area contributed by atoms with Gasteiger partial charge in [-0.1, -0.05) is 0 Å². The molecule has 5 nitrogen and oxygen atoms in total. The van der Waals surface area contributed by atoms with Crippen molar-refractivity contribution in [1.82, 2.24) is 9.88 Å². The van der Waals surface area contributed by atoms with Crippen molar-refractivity contribution in [1.29, 1.82) is 0 Å². The highest BCUT2D eigenvalue weighted by atomic mass is 16.5. The lowest BCUT2D eigenvalue weighted by Gasteiger charge is -2.30. The Morgan fingerprint density at radius 3 is 2.55 bits per heavy atom. The molecule has 0 unspecified atom stereocenters. The summed E-state index contributed by atoms with van der Waals surface area (Å²) >= 11 is 0. The normalized spacial score (nSPS) is 11.3. The van der Waals surface area contributed by atoms with Gasteiger partial charge < -0.3 is 9.84 Å². The summed E-state index contributed by atoms with van der Waals surface area (Å²) in [6, 6.07) is 2.57. The molecule has 0 aliphatic carbocycles. The van der Waals surface area contributed by atoms with Crippen molar-refractivity contribution in [3.8, 4) is 5.75 Å². The Hall–Kier alpha value is -1.62. The van der Waals surface area contributed by atoms with E-state index < -0.39 is 5.97 Å². The molecule has 0 fully saturated rings. The number of carbonyl (C=O) groups is 1. The summed E-state index contributed by atoms with van der Waals surface area (Å²) in [7, 11) is 0. The smallest absolute Gasteiger partial charge is 0.341 e. The third-order valence-corrected chi connectivity index (χ3v) is 3.16. The van der Waals surface area contributed by atoms with Gasteiger partial charge in [0.2, 0.25) is 0 Å². The molecule has 0 saturated carbocycles. The van der Waals surface area contributed by atoms with E-state index in [1.807, 2.05) is 0 Å². The molecule has 0 radical (unpaired) electrons. The molecular formula is C15H24N2O3. The number of hydrogen-bond donors (Lipinski definition) is 1. The van der Waals surface area contributed by atoms with Gasteiger partial charge >= 0.3 is 5.97 Å². The first kappa shape index (κ1) is 16.4. The highest BCUT2D eigenvalue weighted by Crippen LogP contribution is 2.16. The largest absolute Gasteiger partial charge is 0.493 e. The Morgan fingerprint density at radius 1 is 1.35 bits per heavy atom. The Labute approximate surface area is 120 Å². The second-order valence-corrected chi connectivity index (χ2v) is 5.30. The molecule has 112 valence electrons. The summed E-state index contributed by atoms with van der Waals surface area (Å²) in [4.78, 5) is 17.2. The van der Waals surface area contributed by atoms with E-state index in [0.717, 1.165) is 13.0 Å². The zero-order valence-electron chi connectivity index (χ0n) is 12.7. The number of carboxylic acid groups (broad SMARTS) is 1. The first-order valence-corrected chi connectivity index (χ1v) is 6.99. The monoisotopic (exact) mass is 280 g/mol. The number of ether oxygens (including phenoxy) is 1. The molecule has 1 aromatic heterocycles. The predicted molar refractivity (Wildman–Crippen MR) is 78.3 cm³/mol. The SMILES string of the molecule is CC(C)N(CCCOc1ccncc1C(=O)O)C(C)C. The molecule has 1 aromatic rings. The third kappa shape index (κ3) is 4.81.